The third kappa shape index (κ3) is 4.41. The lowest BCUT2D eigenvalue weighted by molar-refractivity contribution is -0.119. The lowest BCUT2D eigenvalue weighted by atomic mass is 10.2. The molecule has 3 N–H and O–H groups in total. The van der Waals surface area contributed by atoms with E-state index in [1.54, 1.807) is 4.52 Å². The normalized spacial score (nSPS) is 17.9. The average Bonchev–Trinajstić information content (AvgIpc) is 3.57. The SMILES string of the molecule is Cc1nc2ccccc2n1CCc1nc2c3ccccc3nc(SCC(=O)NC3CC(C)NN3)n2n1. The van der Waals surface area contributed by atoms with E-state index in [1.165, 1.54) is 11.8 Å². The number of amides is 1. The van der Waals surface area contributed by atoms with Gasteiger partial charge in [-0.05, 0) is 44.5 Å². The molecular formula is C25H27N9OS. The lowest BCUT2D eigenvalue weighted by Crippen LogP contribution is -2.45. The highest BCUT2D eigenvalue weighted by molar-refractivity contribution is 7.99. The van der Waals surface area contributed by atoms with E-state index in [9.17, 15) is 4.79 Å². The Morgan fingerprint density at radius 3 is 2.72 bits per heavy atom. The van der Waals surface area contributed by atoms with Crippen LogP contribution in [0.25, 0.3) is 27.6 Å². The molecule has 0 saturated carbocycles. The number of hydrogen-bond donors (Lipinski definition) is 3. The van der Waals surface area contributed by atoms with E-state index in [0.717, 1.165) is 52.2 Å². The molecule has 4 heterocycles. The highest BCUT2D eigenvalue weighted by atomic mass is 32.2. The van der Waals surface area contributed by atoms with Crippen molar-refractivity contribution in [2.45, 2.75) is 50.6 Å². The predicted octanol–water partition coefficient (Wildman–Crippen LogP) is 2.60. The highest BCUT2D eigenvalue weighted by Crippen LogP contribution is 2.24. The van der Waals surface area contributed by atoms with Crippen LogP contribution in [-0.2, 0) is 17.8 Å². The molecule has 1 amide bonds. The van der Waals surface area contributed by atoms with Crippen molar-refractivity contribution in [3.63, 3.8) is 0 Å². The summed E-state index contributed by atoms with van der Waals surface area (Å²) >= 11 is 1.36. The Morgan fingerprint density at radius 2 is 1.89 bits per heavy atom. The van der Waals surface area contributed by atoms with Gasteiger partial charge in [0.2, 0.25) is 5.91 Å². The fraction of sp³-hybridized carbons (Fsp3) is 0.320. The number of fused-ring (bicyclic) bond motifs is 4. The summed E-state index contributed by atoms with van der Waals surface area (Å²) in [6.45, 7) is 4.81. The number of benzene rings is 2. The van der Waals surface area contributed by atoms with Crippen LogP contribution in [0.1, 0.15) is 25.0 Å². The van der Waals surface area contributed by atoms with Crippen molar-refractivity contribution in [2.75, 3.05) is 5.75 Å². The van der Waals surface area contributed by atoms with Gasteiger partial charge in [-0.3, -0.25) is 10.2 Å². The summed E-state index contributed by atoms with van der Waals surface area (Å²) in [7, 11) is 0. The molecule has 6 rings (SSSR count). The summed E-state index contributed by atoms with van der Waals surface area (Å²) in [5.74, 6) is 1.88. The maximum Gasteiger partial charge on any atom is 0.231 e. The average molecular weight is 502 g/mol. The number of hydrazine groups is 1. The topological polar surface area (TPSA) is 114 Å². The first-order valence-electron chi connectivity index (χ1n) is 12.0. The Bertz CT molecular complexity index is 1580. The van der Waals surface area contributed by atoms with Crippen LogP contribution in [0.3, 0.4) is 0 Å². The van der Waals surface area contributed by atoms with E-state index >= 15 is 0 Å². The van der Waals surface area contributed by atoms with E-state index in [-0.39, 0.29) is 17.8 Å². The molecule has 1 aliphatic rings. The Labute approximate surface area is 211 Å². The van der Waals surface area contributed by atoms with Crippen LogP contribution in [-0.4, -0.2) is 53.0 Å². The van der Waals surface area contributed by atoms with E-state index < -0.39 is 0 Å². The fourth-order valence-electron chi connectivity index (χ4n) is 4.64. The monoisotopic (exact) mass is 501 g/mol. The first-order chi connectivity index (χ1) is 17.5. The van der Waals surface area contributed by atoms with Gasteiger partial charge in [-0.2, -0.15) is 4.52 Å². The second kappa shape index (κ2) is 9.49. The molecule has 11 heteroatoms. The summed E-state index contributed by atoms with van der Waals surface area (Å²) in [5, 5.41) is 9.39. The predicted molar refractivity (Wildman–Crippen MR) is 139 cm³/mol. The van der Waals surface area contributed by atoms with Crippen LogP contribution < -0.4 is 16.2 Å². The van der Waals surface area contributed by atoms with E-state index in [4.69, 9.17) is 15.1 Å². The number of para-hydroxylation sites is 3. The number of thioether (sulfide) groups is 1. The number of aromatic nitrogens is 6. The van der Waals surface area contributed by atoms with Gasteiger partial charge in [0.05, 0.1) is 28.5 Å². The summed E-state index contributed by atoms with van der Waals surface area (Å²) in [5.41, 5.74) is 9.89. The quantitative estimate of drug-likeness (QED) is 0.230. The molecule has 0 bridgehead atoms. The smallest absolute Gasteiger partial charge is 0.231 e. The standard InChI is InChI=1S/C25H27N9OS/c1-15-13-22(31-30-15)28-23(35)14-36-25-27-18-8-4-3-7-17(18)24-29-21(32-34(24)25)11-12-33-16(2)26-19-9-5-6-10-20(19)33/h3-10,15,22,30-31H,11-14H2,1-2H3,(H,28,35). The molecule has 36 heavy (non-hydrogen) atoms. The van der Waals surface area contributed by atoms with Crippen molar-refractivity contribution in [3.05, 3.63) is 60.2 Å². The molecule has 2 atom stereocenters. The van der Waals surface area contributed by atoms with Crippen LogP contribution in [0.2, 0.25) is 0 Å². The lowest BCUT2D eigenvalue weighted by Gasteiger charge is -2.12. The molecule has 10 nitrogen and oxygen atoms in total. The van der Waals surface area contributed by atoms with Gasteiger partial charge < -0.3 is 9.88 Å². The zero-order valence-electron chi connectivity index (χ0n) is 20.1. The highest BCUT2D eigenvalue weighted by Gasteiger charge is 2.22. The molecule has 2 unspecified atom stereocenters. The molecule has 0 aliphatic carbocycles. The number of carbonyl (C=O) groups is 1. The molecular weight excluding hydrogens is 474 g/mol. The van der Waals surface area contributed by atoms with E-state index in [1.807, 2.05) is 49.4 Å². The number of carbonyl (C=O) groups excluding carboxylic acids is 1. The third-order valence-electron chi connectivity index (χ3n) is 6.36. The van der Waals surface area contributed by atoms with Gasteiger partial charge in [-0.25, -0.2) is 20.4 Å². The van der Waals surface area contributed by atoms with Crippen molar-refractivity contribution >= 4 is 45.3 Å². The molecule has 184 valence electrons. The second-order valence-corrected chi connectivity index (χ2v) is 10.0. The molecule has 1 saturated heterocycles. The third-order valence-corrected chi connectivity index (χ3v) is 7.29. The summed E-state index contributed by atoms with van der Waals surface area (Å²) in [6, 6.07) is 16.4. The second-order valence-electron chi connectivity index (χ2n) is 9.06. The molecule has 1 fully saturated rings. The maximum atomic E-state index is 12.6. The van der Waals surface area contributed by atoms with E-state index in [2.05, 4.69) is 38.7 Å². The molecule has 2 aromatic carbocycles. The fourth-order valence-corrected chi connectivity index (χ4v) is 5.39. The first-order valence-corrected chi connectivity index (χ1v) is 13.0. The number of imidazole rings is 1. The van der Waals surface area contributed by atoms with Gasteiger partial charge in [-0.1, -0.05) is 36.0 Å². The van der Waals surface area contributed by atoms with Crippen LogP contribution in [0.15, 0.2) is 53.7 Å². The van der Waals surface area contributed by atoms with Gasteiger partial charge >= 0.3 is 0 Å². The molecule has 0 radical (unpaired) electrons. The van der Waals surface area contributed by atoms with Crippen LogP contribution in [0, 0.1) is 6.92 Å². The number of nitrogens with zero attached hydrogens (tertiary/aromatic N) is 6. The maximum absolute atomic E-state index is 12.6. The van der Waals surface area contributed by atoms with Crippen molar-refractivity contribution in [2.24, 2.45) is 0 Å². The zero-order valence-corrected chi connectivity index (χ0v) is 20.9. The Kier molecular flexibility index (Phi) is 6.04. The molecule has 1 aliphatic heterocycles. The molecule has 3 aromatic heterocycles. The Morgan fingerprint density at radius 1 is 1.08 bits per heavy atom. The zero-order chi connectivity index (χ0) is 24.6. The first kappa shape index (κ1) is 22.9. The number of nitrogens with one attached hydrogen (secondary N) is 3. The Hall–Kier alpha value is -3.54. The van der Waals surface area contributed by atoms with Gasteiger partial charge in [0.25, 0.3) is 0 Å². The van der Waals surface area contributed by atoms with Gasteiger partial charge in [0.15, 0.2) is 16.6 Å². The Balaban J connectivity index is 1.26. The number of hydrogen-bond acceptors (Lipinski definition) is 8. The van der Waals surface area contributed by atoms with Crippen LogP contribution in [0.4, 0.5) is 0 Å². The summed E-state index contributed by atoms with van der Waals surface area (Å²) in [6.07, 6.45) is 1.42. The number of rotatable bonds is 7. The minimum Gasteiger partial charge on any atom is -0.339 e. The summed E-state index contributed by atoms with van der Waals surface area (Å²) < 4.78 is 3.97. The van der Waals surface area contributed by atoms with Crippen molar-refractivity contribution in [1.29, 1.82) is 0 Å². The largest absolute Gasteiger partial charge is 0.339 e. The molecule has 0 spiro atoms. The van der Waals surface area contributed by atoms with Crippen LogP contribution in [0.5, 0.6) is 0 Å². The van der Waals surface area contributed by atoms with Crippen LogP contribution >= 0.6 is 11.8 Å². The van der Waals surface area contributed by atoms with Crippen molar-refractivity contribution in [1.82, 2.24) is 45.3 Å². The molecule has 5 aromatic rings. The van der Waals surface area contributed by atoms with Gasteiger partial charge in [-0.15, -0.1) is 5.10 Å². The minimum absolute atomic E-state index is 0.0562. The van der Waals surface area contributed by atoms with Crippen molar-refractivity contribution in [3.8, 4) is 0 Å². The van der Waals surface area contributed by atoms with Gasteiger partial charge in [0, 0.05) is 24.4 Å². The minimum atomic E-state index is -0.0710. The number of aryl methyl sites for hydroxylation is 3. The van der Waals surface area contributed by atoms with Crippen molar-refractivity contribution < 1.29 is 4.79 Å². The van der Waals surface area contributed by atoms with E-state index in [0.29, 0.717) is 17.6 Å². The van der Waals surface area contributed by atoms with Gasteiger partial charge in [0.1, 0.15) is 5.82 Å². The summed E-state index contributed by atoms with van der Waals surface area (Å²) in [4.78, 5) is 26.9.